The van der Waals surface area contributed by atoms with E-state index in [1.165, 1.54) is 0 Å². The van der Waals surface area contributed by atoms with Gasteiger partial charge in [-0.15, -0.1) is 0 Å². The molecule has 0 aliphatic rings. The summed E-state index contributed by atoms with van der Waals surface area (Å²) in [6.07, 6.45) is 0.648. The molecule has 0 atom stereocenters. The Labute approximate surface area is 81.3 Å². The van der Waals surface area contributed by atoms with E-state index in [-0.39, 0.29) is 5.76 Å². The number of nitrogens with zero attached hydrogens (tertiary/aromatic N) is 1. The lowest BCUT2D eigenvalue weighted by Gasteiger charge is -1.98. The minimum atomic E-state index is 0.253. The summed E-state index contributed by atoms with van der Waals surface area (Å²) in [5.41, 5.74) is 2.80. The van der Waals surface area contributed by atoms with Crippen LogP contribution in [-0.2, 0) is 0 Å². The van der Waals surface area contributed by atoms with Crippen molar-refractivity contribution in [1.82, 2.24) is 5.16 Å². The first-order valence-corrected chi connectivity index (χ1v) is 4.29. The zero-order chi connectivity index (χ0) is 9.97. The van der Waals surface area contributed by atoms with E-state index < -0.39 is 0 Å². The van der Waals surface area contributed by atoms with E-state index in [1.807, 2.05) is 31.2 Å². The van der Waals surface area contributed by atoms with Gasteiger partial charge in [0.05, 0.1) is 0 Å². The average Bonchev–Trinajstić information content (AvgIpc) is 2.67. The van der Waals surface area contributed by atoms with E-state index >= 15 is 0 Å². The fourth-order valence-electron chi connectivity index (χ4n) is 1.33. The SMILES string of the molecule is Cc1ccccc1-c1cc(C=O)on1. The Morgan fingerprint density at radius 2 is 2.14 bits per heavy atom. The van der Waals surface area contributed by atoms with Crippen LogP contribution in [0.5, 0.6) is 0 Å². The summed E-state index contributed by atoms with van der Waals surface area (Å²) >= 11 is 0. The molecule has 0 spiro atoms. The highest BCUT2D eigenvalue weighted by atomic mass is 16.5. The molecule has 1 aromatic carbocycles. The van der Waals surface area contributed by atoms with E-state index in [0.717, 1.165) is 11.1 Å². The van der Waals surface area contributed by atoms with E-state index in [1.54, 1.807) is 6.07 Å². The number of hydrogen-bond acceptors (Lipinski definition) is 3. The second-order valence-corrected chi connectivity index (χ2v) is 3.05. The molecule has 0 saturated carbocycles. The summed E-state index contributed by atoms with van der Waals surface area (Å²) in [5.74, 6) is 0.253. The third-order valence-corrected chi connectivity index (χ3v) is 2.07. The average molecular weight is 187 g/mol. The molecule has 14 heavy (non-hydrogen) atoms. The number of hydrogen-bond donors (Lipinski definition) is 0. The Morgan fingerprint density at radius 3 is 2.79 bits per heavy atom. The molecule has 2 rings (SSSR count). The minimum Gasteiger partial charge on any atom is -0.353 e. The third kappa shape index (κ3) is 1.44. The maximum atomic E-state index is 10.4. The van der Waals surface area contributed by atoms with Gasteiger partial charge in [0.2, 0.25) is 0 Å². The molecule has 2 aromatic rings. The van der Waals surface area contributed by atoms with Crippen LogP contribution in [0, 0.1) is 6.92 Å². The standard InChI is InChI=1S/C11H9NO2/c1-8-4-2-3-5-10(8)11-6-9(7-13)14-12-11/h2-7H,1H3. The summed E-state index contributed by atoms with van der Waals surface area (Å²) in [5, 5.41) is 3.81. The summed E-state index contributed by atoms with van der Waals surface area (Å²) in [7, 11) is 0. The zero-order valence-electron chi connectivity index (χ0n) is 7.73. The van der Waals surface area contributed by atoms with Crippen molar-refractivity contribution < 1.29 is 9.32 Å². The van der Waals surface area contributed by atoms with Gasteiger partial charge in [-0.25, -0.2) is 0 Å². The lowest BCUT2D eigenvalue weighted by molar-refractivity contribution is 0.109. The van der Waals surface area contributed by atoms with Crippen LogP contribution in [0.2, 0.25) is 0 Å². The molecule has 0 unspecified atom stereocenters. The number of rotatable bonds is 2. The van der Waals surface area contributed by atoms with Gasteiger partial charge >= 0.3 is 0 Å². The molecule has 0 N–H and O–H groups in total. The third-order valence-electron chi connectivity index (χ3n) is 2.07. The van der Waals surface area contributed by atoms with Gasteiger partial charge in [0.1, 0.15) is 5.69 Å². The van der Waals surface area contributed by atoms with E-state index in [2.05, 4.69) is 5.16 Å². The van der Waals surface area contributed by atoms with Gasteiger partial charge in [-0.05, 0) is 12.5 Å². The van der Waals surface area contributed by atoms with Crippen LogP contribution in [0.1, 0.15) is 16.1 Å². The summed E-state index contributed by atoms with van der Waals surface area (Å²) < 4.78 is 4.81. The number of aldehydes is 1. The summed E-state index contributed by atoms with van der Waals surface area (Å²) in [6.45, 7) is 1.99. The van der Waals surface area contributed by atoms with Crippen molar-refractivity contribution in [2.75, 3.05) is 0 Å². The van der Waals surface area contributed by atoms with Gasteiger partial charge in [-0.1, -0.05) is 29.4 Å². The number of benzene rings is 1. The molecule has 1 heterocycles. The van der Waals surface area contributed by atoms with Crippen molar-refractivity contribution in [3.05, 3.63) is 41.7 Å². The van der Waals surface area contributed by atoms with Gasteiger partial charge in [0, 0.05) is 11.6 Å². The van der Waals surface area contributed by atoms with Gasteiger partial charge in [-0.3, -0.25) is 4.79 Å². The van der Waals surface area contributed by atoms with Crippen molar-refractivity contribution in [3.63, 3.8) is 0 Å². The Bertz CT molecular complexity index is 460. The molecule has 0 aliphatic carbocycles. The highest BCUT2D eigenvalue weighted by Gasteiger charge is 2.06. The smallest absolute Gasteiger partial charge is 0.199 e. The van der Waals surface area contributed by atoms with E-state index in [0.29, 0.717) is 12.0 Å². The minimum absolute atomic E-state index is 0.253. The lowest BCUT2D eigenvalue weighted by atomic mass is 10.1. The predicted molar refractivity (Wildman–Crippen MR) is 52.1 cm³/mol. The molecular formula is C11H9NO2. The molecule has 0 bridgehead atoms. The predicted octanol–water partition coefficient (Wildman–Crippen LogP) is 2.46. The Kier molecular flexibility index (Phi) is 2.14. The molecule has 0 aliphatic heterocycles. The largest absolute Gasteiger partial charge is 0.353 e. The highest BCUT2D eigenvalue weighted by Crippen LogP contribution is 2.21. The molecular weight excluding hydrogens is 178 g/mol. The molecule has 3 heteroatoms. The number of aromatic nitrogens is 1. The molecule has 70 valence electrons. The van der Waals surface area contributed by atoms with Crippen LogP contribution in [0.3, 0.4) is 0 Å². The van der Waals surface area contributed by atoms with Crippen molar-refractivity contribution in [2.45, 2.75) is 6.92 Å². The van der Waals surface area contributed by atoms with Crippen LogP contribution < -0.4 is 0 Å². The Morgan fingerprint density at radius 1 is 1.36 bits per heavy atom. The second kappa shape index (κ2) is 3.46. The van der Waals surface area contributed by atoms with Crippen LogP contribution in [0.4, 0.5) is 0 Å². The topological polar surface area (TPSA) is 43.1 Å². The van der Waals surface area contributed by atoms with Crippen LogP contribution in [-0.4, -0.2) is 11.4 Å². The Hall–Kier alpha value is -1.90. The molecule has 0 saturated heterocycles. The second-order valence-electron chi connectivity index (χ2n) is 3.05. The van der Waals surface area contributed by atoms with Crippen LogP contribution in [0.15, 0.2) is 34.9 Å². The normalized spacial score (nSPS) is 10.1. The maximum Gasteiger partial charge on any atom is 0.199 e. The monoisotopic (exact) mass is 187 g/mol. The summed E-state index contributed by atoms with van der Waals surface area (Å²) in [6, 6.07) is 9.46. The van der Waals surface area contributed by atoms with Crippen molar-refractivity contribution in [1.29, 1.82) is 0 Å². The first-order chi connectivity index (χ1) is 6.81. The fourth-order valence-corrected chi connectivity index (χ4v) is 1.33. The van der Waals surface area contributed by atoms with Gasteiger partial charge in [-0.2, -0.15) is 0 Å². The Balaban J connectivity index is 2.49. The molecule has 0 fully saturated rings. The van der Waals surface area contributed by atoms with Gasteiger partial charge < -0.3 is 4.52 Å². The number of carbonyl (C=O) groups is 1. The van der Waals surface area contributed by atoms with Crippen molar-refractivity contribution >= 4 is 6.29 Å². The molecule has 1 aromatic heterocycles. The van der Waals surface area contributed by atoms with E-state index in [4.69, 9.17) is 4.52 Å². The number of aryl methyl sites for hydroxylation is 1. The van der Waals surface area contributed by atoms with Crippen molar-refractivity contribution in [2.24, 2.45) is 0 Å². The van der Waals surface area contributed by atoms with Gasteiger partial charge in [0.15, 0.2) is 12.0 Å². The highest BCUT2D eigenvalue weighted by molar-refractivity contribution is 5.74. The van der Waals surface area contributed by atoms with Gasteiger partial charge in [0.25, 0.3) is 0 Å². The number of carbonyl (C=O) groups excluding carboxylic acids is 1. The van der Waals surface area contributed by atoms with E-state index in [9.17, 15) is 4.79 Å². The van der Waals surface area contributed by atoms with Crippen molar-refractivity contribution in [3.8, 4) is 11.3 Å². The fraction of sp³-hybridized carbons (Fsp3) is 0.0909. The zero-order valence-corrected chi connectivity index (χ0v) is 7.73. The summed E-state index contributed by atoms with van der Waals surface area (Å²) in [4.78, 5) is 10.4. The molecule has 3 nitrogen and oxygen atoms in total. The molecule has 0 amide bonds. The first-order valence-electron chi connectivity index (χ1n) is 4.29. The maximum absolute atomic E-state index is 10.4. The van der Waals surface area contributed by atoms with Crippen LogP contribution in [0.25, 0.3) is 11.3 Å². The first kappa shape index (κ1) is 8.69. The molecule has 0 radical (unpaired) electrons. The lowest BCUT2D eigenvalue weighted by Crippen LogP contribution is -1.81. The quantitative estimate of drug-likeness (QED) is 0.678. The van der Waals surface area contributed by atoms with Crippen LogP contribution >= 0.6 is 0 Å².